The molecule has 1 aromatic rings. The lowest BCUT2D eigenvalue weighted by Gasteiger charge is -2.39. The van der Waals surface area contributed by atoms with E-state index in [0.29, 0.717) is 0 Å². The smallest absolute Gasteiger partial charge is 0.192 e. The van der Waals surface area contributed by atoms with Gasteiger partial charge in [0.05, 0.1) is 16.8 Å². The predicted molar refractivity (Wildman–Crippen MR) is 93.0 cm³/mol. The fourth-order valence-electron chi connectivity index (χ4n) is 1.55. The number of hydrogen-bond acceptors (Lipinski definition) is 3. The Morgan fingerprint density at radius 3 is 2.50 bits per heavy atom. The molecule has 0 fully saturated rings. The van der Waals surface area contributed by atoms with Crippen molar-refractivity contribution in [3.8, 4) is 0 Å². The van der Waals surface area contributed by atoms with E-state index in [1.807, 2.05) is 18.4 Å². The van der Waals surface area contributed by atoms with Crippen LogP contribution in [0.4, 0.5) is 0 Å². The van der Waals surface area contributed by atoms with Crippen LogP contribution in [-0.2, 0) is 4.43 Å². The third-order valence-electron chi connectivity index (χ3n) is 3.84. The SMILES string of the molecule is CC[C@H](O[Si](C)(C)C(C)(C)C)/C(Cl)=C/c1csc(C)n1. The normalized spacial score (nSPS) is 15.5. The first-order valence-electron chi connectivity index (χ1n) is 7.04. The van der Waals surface area contributed by atoms with E-state index in [2.05, 4.69) is 45.8 Å². The average molecular weight is 332 g/mol. The lowest BCUT2D eigenvalue weighted by molar-refractivity contribution is 0.217. The molecule has 0 unspecified atom stereocenters. The van der Waals surface area contributed by atoms with Gasteiger partial charge in [-0.1, -0.05) is 39.3 Å². The van der Waals surface area contributed by atoms with E-state index in [9.17, 15) is 0 Å². The molecule has 0 radical (unpaired) electrons. The third-order valence-corrected chi connectivity index (χ3v) is 9.47. The molecule has 1 rings (SSSR count). The Morgan fingerprint density at radius 1 is 1.50 bits per heavy atom. The lowest BCUT2D eigenvalue weighted by atomic mass is 10.2. The highest BCUT2D eigenvalue weighted by atomic mass is 35.5. The summed E-state index contributed by atoms with van der Waals surface area (Å²) in [6, 6.07) is 0. The molecule has 20 heavy (non-hydrogen) atoms. The third kappa shape index (κ3) is 4.69. The quantitative estimate of drug-likeness (QED) is 0.633. The standard InChI is InChI=1S/C15H26ClNOSSi/c1-8-14(18-20(6,7)15(3,4)5)13(16)9-12-10-19-11(2)17-12/h9-10,14H,8H2,1-7H3/b13-9-/t14-/m0/s1. The van der Waals surface area contributed by atoms with Gasteiger partial charge in [-0.05, 0) is 37.6 Å². The van der Waals surface area contributed by atoms with Gasteiger partial charge in [0.2, 0.25) is 0 Å². The summed E-state index contributed by atoms with van der Waals surface area (Å²) in [5.41, 5.74) is 0.926. The van der Waals surface area contributed by atoms with Crippen LogP contribution in [0.1, 0.15) is 44.8 Å². The summed E-state index contributed by atoms with van der Waals surface area (Å²) in [5, 5.41) is 4.02. The summed E-state index contributed by atoms with van der Waals surface area (Å²) < 4.78 is 6.41. The van der Waals surface area contributed by atoms with Crippen molar-refractivity contribution >= 4 is 37.3 Å². The first-order valence-corrected chi connectivity index (χ1v) is 11.2. The molecular formula is C15H26ClNOSSi. The Bertz CT molecular complexity index is 476. The fraction of sp³-hybridized carbons (Fsp3) is 0.667. The van der Waals surface area contributed by atoms with Crippen molar-refractivity contribution in [1.29, 1.82) is 0 Å². The van der Waals surface area contributed by atoms with Gasteiger partial charge in [-0.25, -0.2) is 4.98 Å². The molecule has 114 valence electrons. The predicted octanol–water partition coefficient (Wildman–Crippen LogP) is 5.83. The zero-order chi connectivity index (χ0) is 15.6. The molecule has 0 aliphatic carbocycles. The van der Waals surface area contributed by atoms with Crippen molar-refractivity contribution in [2.45, 2.75) is 65.3 Å². The molecular weight excluding hydrogens is 306 g/mol. The van der Waals surface area contributed by atoms with Crippen LogP contribution in [0.25, 0.3) is 6.08 Å². The van der Waals surface area contributed by atoms with Crippen LogP contribution in [0, 0.1) is 6.92 Å². The number of rotatable bonds is 5. The molecule has 0 aliphatic rings. The highest BCUT2D eigenvalue weighted by Crippen LogP contribution is 2.39. The number of halogens is 1. The van der Waals surface area contributed by atoms with Gasteiger partial charge in [0.1, 0.15) is 0 Å². The number of nitrogens with zero attached hydrogens (tertiary/aromatic N) is 1. The van der Waals surface area contributed by atoms with Gasteiger partial charge in [0, 0.05) is 10.4 Å². The second-order valence-electron chi connectivity index (χ2n) is 6.60. The molecule has 0 aromatic carbocycles. The molecule has 1 aromatic heterocycles. The average Bonchev–Trinajstić information content (AvgIpc) is 2.70. The van der Waals surface area contributed by atoms with E-state index in [1.165, 1.54) is 0 Å². The van der Waals surface area contributed by atoms with Gasteiger partial charge < -0.3 is 4.43 Å². The van der Waals surface area contributed by atoms with Crippen molar-refractivity contribution in [1.82, 2.24) is 4.98 Å². The minimum atomic E-state index is -1.81. The summed E-state index contributed by atoms with van der Waals surface area (Å²) in [6.45, 7) is 15.4. The minimum absolute atomic E-state index is 0.0282. The molecule has 1 heterocycles. The molecule has 0 saturated heterocycles. The van der Waals surface area contributed by atoms with Crippen molar-refractivity contribution < 1.29 is 4.43 Å². The van der Waals surface area contributed by atoms with Crippen LogP contribution in [-0.4, -0.2) is 19.4 Å². The molecule has 0 saturated carbocycles. The maximum Gasteiger partial charge on any atom is 0.192 e. The Kier molecular flexibility index (Phi) is 6.02. The van der Waals surface area contributed by atoms with Crippen LogP contribution in [0.2, 0.25) is 18.1 Å². The summed E-state index contributed by atoms with van der Waals surface area (Å²) >= 11 is 8.11. The van der Waals surface area contributed by atoms with Crippen molar-refractivity contribution in [3.63, 3.8) is 0 Å². The van der Waals surface area contributed by atoms with Crippen LogP contribution in [0.15, 0.2) is 10.4 Å². The monoisotopic (exact) mass is 331 g/mol. The van der Waals surface area contributed by atoms with Crippen LogP contribution >= 0.6 is 22.9 Å². The van der Waals surface area contributed by atoms with E-state index < -0.39 is 8.32 Å². The second kappa shape index (κ2) is 6.73. The molecule has 0 bridgehead atoms. The largest absolute Gasteiger partial charge is 0.409 e. The Morgan fingerprint density at radius 2 is 2.10 bits per heavy atom. The maximum absolute atomic E-state index is 6.47. The molecule has 0 spiro atoms. The first kappa shape index (κ1) is 17.9. The Labute approximate surface area is 133 Å². The number of hydrogen-bond donors (Lipinski definition) is 0. The summed E-state index contributed by atoms with van der Waals surface area (Å²) in [6.07, 6.45) is 2.79. The highest BCUT2D eigenvalue weighted by molar-refractivity contribution is 7.09. The van der Waals surface area contributed by atoms with Gasteiger partial charge in [-0.15, -0.1) is 11.3 Å². The van der Waals surface area contributed by atoms with E-state index in [1.54, 1.807) is 11.3 Å². The van der Waals surface area contributed by atoms with Gasteiger partial charge in [0.15, 0.2) is 8.32 Å². The van der Waals surface area contributed by atoms with Gasteiger partial charge >= 0.3 is 0 Å². The highest BCUT2D eigenvalue weighted by Gasteiger charge is 2.39. The number of aryl methyl sites for hydroxylation is 1. The zero-order valence-electron chi connectivity index (χ0n) is 13.6. The van der Waals surface area contributed by atoms with Crippen molar-refractivity contribution in [2.75, 3.05) is 0 Å². The molecule has 0 N–H and O–H groups in total. The first-order chi connectivity index (χ1) is 9.06. The van der Waals surface area contributed by atoms with Crippen LogP contribution < -0.4 is 0 Å². The lowest BCUT2D eigenvalue weighted by Crippen LogP contribution is -2.43. The van der Waals surface area contributed by atoms with Crippen molar-refractivity contribution in [3.05, 3.63) is 21.1 Å². The topological polar surface area (TPSA) is 22.1 Å². The zero-order valence-corrected chi connectivity index (χ0v) is 16.2. The Hall–Kier alpha value is -0.163. The van der Waals surface area contributed by atoms with Gasteiger partial charge in [-0.3, -0.25) is 0 Å². The van der Waals surface area contributed by atoms with Crippen LogP contribution in [0.5, 0.6) is 0 Å². The molecule has 0 amide bonds. The van der Waals surface area contributed by atoms with Gasteiger partial charge in [0.25, 0.3) is 0 Å². The van der Waals surface area contributed by atoms with E-state index in [-0.39, 0.29) is 11.1 Å². The Balaban J connectivity index is 2.88. The van der Waals surface area contributed by atoms with E-state index >= 15 is 0 Å². The van der Waals surface area contributed by atoms with Gasteiger partial charge in [-0.2, -0.15) is 0 Å². The molecule has 0 aliphatic heterocycles. The summed E-state index contributed by atoms with van der Waals surface area (Å²) in [5.74, 6) is 0. The number of aromatic nitrogens is 1. The minimum Gasteiger partial charge on any atom is -0.409 e. The number of thiazole rings is 1. The summed E-state index contributed by atoms with van der Waals surface area (Å²) in [7, 11) is -1.81. The van der Waals surface area contributed by atoms with Crippen molar-refractivity contribution in [2.24, 2.45) is 0 Å². The summed E-state index contributed by atoms with van der Waals surface area (Å²) in [4.78, 5) is 4.43. The van der Waals surface area contributed by atoms with Crippen LogP contribution in [0.3, 0.4) is 0 Å². The fourth-order valence-corrected chi connectivity index (χ4v) is 3.86. The second-order valence-corrected chi connectivity index (χ2v) is 12.9. The molecule has 5 heteroatoms. The maximum atomic E-state index is 6.47. The molecule has 2 nitrogen and oxygen atoms in total. The van der Waals surface area contributed by atoms with E-state index in [0.717, 1.165) is 22.2 Å². The van der Waals surface area contributed by atoms with E-state index in [4.69, 9.17) is 16.0 Å². The molecule has 1 atom stereocenters.